The molecule has 0 N–H and O–H groups in total. The zero-order valence-electron chi connectivity index (χ0n) is 16.7. The van der Waals surface area contributed by atoms with Gasteiger partial charge in [-0.3, -0.25) is 4.79 Å². The van der Waals surface area contributed by atoms with Gasteiger partial charge in [0.05, 0.1) is 12.7 Å². The van der Waals surface area contributed by atoms with E-state index in [0.29, 0.717) is 22.8 Å². The van der Waals surface area contributed by atoms with Gasteiger partial charge in [-0.1, -0.05) is 28.1 Å². The molecule has 0 spiro atoms. The molecule has 0 unspecified atom stereocenters. The van der Waals surface area contributed by atoms with Gasteiger partial charge >= 0.3 is 6.61 Å². The summed E-state index contributed by atoms with van der Waals surface area (Å²) in [7, 11) is 2.96. The summed E-state index contributed by atoms with van der Waals surface area (Å²) in [6.45, 7) is -2.80. The third-order valence-corrected chi connectivity index (χ3v) is 4.71. The van der Waals surface area contributed by atoms with Crippen LogP contribution in [0.4, 0.5) is 8.78 Å². The van der Waals surface area contributed by atoms with Crippen LogP contribution in [-0.2, 0) is 6.54 Å². The summed E-state index contributed by atoms with van der Waals surface area (Å²) in [6, 6.07) is 15.1. The number of carbonyl (C=O) groups excluding carboxylic acids is 1. The van der Waals surface area contributed by atoms with Crippen LogP contribution in [-0.4, -0.2) is 36.6 Å². The zero-order chi connectivity index (χ0) is 22.4. The lowest BCUT2D eigenvalue weighted by molar-refractivity contribution is -0.0512. The molecule has 0 aliphatic carbocycles. The first kappa shape index (κ1) is 22.5. The molecule has 31 heavy (non-hydrogen) atoms. The van der Waals surface area contributed by atoms with Crippen LogP contribution in [0.3, 0.4) is 0 Å². The fourth-order valence-electron chi connectivity index (χ4n) is 2.79. The number of methoxy groups -OCH3 is 1. The molecule has 162 valence electrons. The molecule has 0 atom stereocenters. The van der Waals surface area contributed by atoms with Gasteiger partial charge < -0.3 is 19.1 Å². The van der Waals surface area contributed by atoms with Crippen molar-refractivity contribution in [1.82, 2.24) is 9.88 Å². The number of ether oxygens (including phenoxy) is 3. The van der Waals surface area contributed by atoms with Crippen molar-refractivity contribution in [2.75, 3.05) is 14.2 Å². The number of rotatable bonds is 8. The molecule has 0 aliphatic rings. The molecule has 0 saturated carbocycles. The third kappa shape index (κ3) is 6.14. The van der Waals surface area contributed by atoms with Crippen LogP contribution >= 0.6 is 15.9 Å². The van der Waals surface area contributed by atoms with Crippen molar-refractivity contribution in [2.45, 2.75) is 13.2 Å². The lowest BCUT2D eigenvalue weighted by atomic mass is 10.1. The maximum atomic E-state index is 12.7. The number of aromatic nitrogens is 1. The van der Waals surface area contributed by atoms with Gasteiger partial charge in [0.15, 0.2) is 11.5 Å². The van der Waals surface area contributed by atoms with E-state index in [-0.39, 0.29) is 24.0 Å². The molecule has 0 radical (unpaired) electrons. The first-order chi connectivity index (χ1) is 14.9. The van der Waals surface area contributed by atoms with Crippen LogP contribution in [0.25, 0.3) is 0 Å². The zero-order valence-corrected chi connectivity index (χ0v) is 18.3. The van der Waals surface area contributed by atoms with E-state index in [1.54, 1.807) is 37.4 Å². The number of alkyl halides is 2. The average Bonchev–Trinajstić information content (AvgIpc) is 2.73. The van der Waals surface area contributed by atoms with Crippen molar-refractivity contribution in [1.29, 1.82) is 0 Å². The Labute approximate surface area is 186 Å². The van der Waals surface area contributed by atoms with E-state index in [4.69, 9.17) is 9.47 Å². The molecule has 2 aromatic carbocycles. The SMILES string of the molecule is COc1ccc(CN(C)C(=O)c2ccc(Oc3cccc(Br)c3)nc2)cc1OC(F)F. The minimum Gasteiger partial charge on any atom is -0.493 e. The third-order valence-electron chi connectivity index (χ3n) is 4.21. The Morgan fingerprint density at radius 1 is 1.13 bits per heavy atom. The van der Waals surface area contributed by atoms with Crippen molar-refractivity contribution in [2.24, 2.45) is 0 Å². The normalized spacial score (nSPS) is 10.6. The summed E-state index contributed by atoms with van der Waals surface area (Å²) in [6.07, 6.45) is 1.42. The smallest absolute Gasteiger partial charge is 0.387 e. The van der Waals surface area contributed by atoms with Crippen LogP contribution in [0.1, 0.15) is 15.9 Å². The Balaban J connectivity index is 1.67. The van der Waals surface area contributed by atoms with Crippen molar-refractivity contribution in [3.8, 4) is 23.1 Å². The Morgan fingerprint density at radius 2 is 1.94 bits per heavy atom. The Hall–Kier alpha value is -3.20. The van der Waals surface area contributed by atoms with Gasteiger partial charge in [-0.05, 0) is 42.0 Å². The Morgan fingerprint density at radius 3 is 2.58 bits per heavy atom. The predicted octanol–water partition coefficient (Wildman–Crippen LogP) is 5.52. The minimum absolute atomic E-state index is 0.0911. The van der Waals surface area contributed by atoms with E-state index in [1.165, 1.54) is 30.3 Å². The topological polar surface area (TPSA) is 60.9 Å². The highest BCUT2D eigenvalue weighted by Gasteiger charge is 2.16. The Kier molecular flexibility index (Phi) is 7.41. The molecule has 1 amide bonds. The van der Waals surface area contributed by atoms with Gasteiger partial charge in [0, 0.05) is 30.3 Å². The number of pyridine rings is 1. The lowest BCUT2D eigenvalue weighted by Gasteiger charge is -2.18. The number of benzene rings is 2. The summed E-state index contributed by atoms with van der Waals surface area (Å²) >= 11 is 3.37. The fourth-order valence-corrected chi connectivity index (χ4v) is 3.17. The molecule has 9 heteroatoms. The van der Waals surface area contributed by atoms with Gasteiger partial charge in [0.1, 0.15) is 5.75 Å². The van der Waals surface area contributed by atoms with Gasteiger partial charge in [-0.15, -0.1) is 0 Å². The average molecular weight is 493 g/mol. The van der Waals surface area contributed by atoms with E-state index in [0.717, 1.165) is 4.47 Å². The Bertz CT molecular complexity index is 1050. The molecule has 0 bridgehead atoms. The summed E-state index contributed by atoms with van der Waals surface area (Å²) < 4.78 is 41.3. The van der Waals surface area contributed by atoms with E-state index in [2.05, 4.69) is 25.7 Å². The second kappa shape index (κ2) is 10.2. The minimum atomic E-state index is -2.98. The molecule has 3 aromatic rings. The molecule has 1 heterocycles. The lowest BCUT2D eigenvalue weighted by Crippen LogP contribution is -2.26. The predicted molar refractivity (Wildman–Crippen MR) is 114 cm³/mol. The van der Waals surface area contributed by atoms with Crippen LogP contribution in [0.15, 0.2) is 65.3 Å². The molecular weight excluding hydrogens is 474 g/mol. The summed E-state index contributed by atoms with van der Waals surface area (Å²) in [4.78, 5) is 18.3. The van der Waals surface area contributed by atoms with Gasteiger partial charge in [-0.25, -0.2) is 4.98 Å². The van der Waals surface area contributed by atoms with Crippen molar-refractivity contribution < 1.29 is 27.8 Å². The number of amides is 1. The molecule has 0 saturated heterocycles. The second-order valence-corrected chi connectivity index (χ2v) is 7.39. The van der Waals surface area contributed by atoms with Crippen molar-refractivity contribution in [3.05, 3.63) is 76.4 Å². The number of hydrogen-bond donors (Lipinski definition) is 0. The van der Waals surface area contributed by atoms with Crippen LogP contribution in [0, 0.1) is 0 Å². The van der Waals surface area contributed by atoms with Crippen LogP contribution in [0.2, 0.25) is 0 Å². The highest BCUT2D eigenvalue weighted by Crippen LogP contribution is 2.30. The standard InChI is InChI=1S/C22H19BrF2N2O4/c1-27(13-14-6-8-18(29-2)19(10-14)31-22(24)25)21(28)15-7-9-20(26-12-15)30-17-5-3-4-16(23)11-17/h3-12,22H,13H2,1-2H3. The van der Waals surface area contributed by atoms with Gasteiger partial charge in [0.25, 0.3) is 5.91 Å². The monoisotopic (exact) mass is 492 g/mol. The number of halogens is 3. The largest absolute Gasteiger partial charge is 0.493 e. The molecule has 1 aromatic heterocycles. The molecule has 0 aliphatic heterocycles. The molecule has 0 fully saturated rings. The summed E-state index contributed by atoms with van der Waals surface area (Å²) in [5.41, 5.74) is 0.969. The highest BCUT2D eigenvalue weighted by atomic mass is 79.9. The molecule has 3 rings (SSSR count). The van der Waals surface area contributed by atoms with E-state index >= 15 is 0 Å². The van der Waals surface area contributed by atoms with E-state index in [9.17, 15) is 13.6 Å². The van der Waals surface area contributed by atoms with Crippen LogP contribution in [0.5, 0.6) is 23.1 Å². The molecular formula is C22H19BrF2N2O4. The van der Waals surface area contributed by atoms with E-state index in [1.807, 2.05) is 12.1 Å². The van der Waals surface area contributed by atoms with Crippen molar-refractivity contribution >= 4 is 21.8 Å². The van der Waals surface area contributed by atoms with Gasteiger partial charge in [0.2, 0.25) is 5.88 Å². The highest BCUT2D eigenvalue weighted by molar-refractivity contribution is 9.10. The summed E-state index contributed by atoms with van der Waals surface area (Å²) in [5.74, 6) is 0.768. The number of carbonyl (C=O) groups is 1. The second-order valence-electron chi connectivity index (χ2n) is 6.47. The van der Waals surface area contributed by atoms with Crippen LogP contribution < -0.4 is 14.2 Å². The van der Waals surface area contributed by atoms with E-state index < -0.39 is 6.61 Å². The maximum absolute atomic E-state index is 12.7. The first-order valence-electron chi connectivity index (χ1n) is 9.12. The number of hydrogen-bond acceptors (Lipinski definition) is 5. The van der Waals surface area contributed by atoms with Crippen molar-refractivity contribution in [3.63, 3.8) is 0 Å². The summed E-state index contributed by atoms with van der Waals surface area (Å²) in [5, 5.41) is 0. The fraction of sp³-hybridized carbons (Fsp3) is 0.182. The van der Waals surface area contributed by atoms with Gasteiger partial charge in [-0.2, -0.15) is 8.78 Å². The maximum Gasteiger partial charge on any atom is 0.387 e. The number of nitrogens with zero attached hydrogens (tertiary/aromatic N) is 2. The quantitative estimate of drug-likeness (QED) is 0.414. The molecule has 6 nitrogen and oxygen atoms in total. The first-order valence-corrected chi connectivity index (χ1v) is 9.91.